The maximum Gasteiger partial charge on any atom is 0.251 e. The van der Waals surface area contributed by atoms with Crippen molar-refractivity contribution >= 4 is 0 Å². The third-order valence-corrected chi connectivity index (χ3v) is 3.94. The summed E-state index contributed by atoms with van der Waals surface area (Å²) < 4.78 is 0. The first-order chi connectivity index (χ1) is 9.13. The average Bonchev–Trinajstić information content (AvgIpc) is 2.40. The fourth-order valence-electron chi connectivity index (χ4n) is 2.81. The molecule has 1 aromatic rings. The van der Waals surface area contributed by atoms with Crippen molar-refractivity contribution in [2.24, 2.45) is 0 Å². The van der Waals surface area contributed by atoms with Crippen LogP contribution in [-0.2, 0) is 13.0 Å². The Morgan fingerprint density at radius 3 is 3.00 bits per heavy atom. The first-order valence-corrected chi connectivity index (χ1v) is 7.09. The van der Waals surface area contributed by atoms with E-state index in [1.807, 2.05) is 6.92 Å². The maximum absolute atomic E-state index is 11.6. The zero-order valence-corrected chi connectivity index (χ0v) is 11.7. The van der Waals surface area contributed by atoms with E-state index in [0.717, 1.165) is 31.4 Å². The van der Waals surface area contributed by atoms with Gasteiger partial charge in [-0.15, -0.1) is 0 Å². The quantitative estimate of drug-likeness (QED) is 0.854. The zero-order chi connectivity index (χ0) is 13.8. The largest absolute Gasteiger partial charge is 0.395 e. The molecule has 1 aliphatic rings. The number of hydrogen-bond donors (Lipinski definition) is 2. The zero-order valence-electron chi connectivity index (χ0n) is 11.7. The molecule has 0 spiro atoms. The van der Waals surface area contributed by atoms with E-state index in [4.69, 9.17) is 0 Å². The summed E-state index contributed by atoms with van der Waals surface area (Å²) in [6.45, 7) is 4.94. The molecule has 106 valence electrons. The van der Waals surface area contributed by atoms with Gasteiger partial charge in [0.2, 0.25) is 0 Å². The lowest BCUT2D eigenvalue weighted by atomic mass is 9.97. The summed E-state index contributed by atoms with van der Waals surface area (Å²) >= 11 is 0. The van der Waals surface area contributed by atoms with Crippen molar-refractivity contribution in [1.82, 2.24) is 14.9 Å². The molecule has 19 heavy (non-hydrogen) atoms. The highest BCUT2D eigenvalue weighted by Gasteiger charge is 2.27. The predicted octanol–water partition coefficient (Wildman–Crippen LogP) is 1.07. The second-order valence-corrected chi connectivity index (χ2v) is 5.33. The third-order valence-electron chi connectivity index (χ3n) is 3.94. The van der Waals surface area contributed by atoms with Gasteiger partial charge in [0.25, 0.3) is 5.56 Å². The number of aryl methyl sites for hydroxylation is 1. The van der Waals surface area contributed by atoms with E-state index in [9.17, 15) is 9.90 Å². The normalized spacial score (nSPS) is 24.6. The number of nitrogens with one attached hydrogen (secondary N) is 1. The van der Waals surface area contributed by atoms with E-state index < -0.39 is 0 Å². The highest BCUT2D eigenvalue weighted by Crippen LogP contribution is 2.23. The molecular weight excluding hydrogens is 242 g/mol. The van der Waals surface area contributed by atoms with Crippen LogP contribution in [0.25, 0.3) is 0 Å². The molecule has 2 heterocycles. The molecule has 0 radical (unpaired) electrons. The Morgan fingerprint density at radius 2 is 2.32 bits per heavy atom. The van der Waals surface area contributed by atoms with Gasteiger partial charge in [-0.2, -0.15) is 0 Å². The van der Waals surface area contributed by atoms with Gasteiger partial charge in [-0.3, -0.25) is 9.69 Å². The molecule has 1 fully saturated rings. The number of aliphatic hydroxyl groups is 1. The van der Waals surface area contributed by atoms with Crippen LogP contribution >= 0.6 is 0 Å². The van der Waals surface area contributed by atoms with Crippen molar-refractivity contribution in [3.8, 4) is 0 Å². The van der Waals surface area contributed by atoms with Crippen LogP contribution in [0.4, 0.5) is 0 Å². The number of rotatable bonds is 4. The lowest BCUT2D eigenvalue weighted by molar-refractivity contribution is 0.0430. The van der Waals surface area contributed by atoms with E-state index >= 15 is 0 Å². The fourth-order valence-corrected chi connectivity index (χ4v) is 2.81. The van der Waals surface area contributed by atoms with Gasteiger partial charge in [-0.1, -0.05) is 13.3 Å². The summed E-state index contributed by atoms with van der Waals surface area (Å²) in [6, 6.07) is 2.15. The van der Waals surface area contributed by atoms with E-state index in [-0.39, 0.29) is 18.2 Å². The number of piperidine rings is 1. The number of hydrogen-bond acceptors (Lipinski definition) is 4. The van der Waals surface area contributed by atoms with Gasteiger partial charge in [0.15, 0.2) is 0 Å². The minimum absolute atomic E-state index is 0.0907. The molecular formula is C14H23N3O2. The summed E-state index contributed by atoms with van der Waals surface area (Å²) in [6.07, 6.45) is 4.06. The minimum atomic E-state index is -0.0907. The van der Waals surface area contributed by atoms with E-state index in [0.29, 0.717) is 18.4 Å². The second-order valence-electron chi connectivity index (χ2n) is 5.33. The molecule has 0 saturated carbocycles. The van der Waals surface area contributed by atoms with Gasteiger partial charge in [-0.25, -0.2) is 4.98 Å². The highest BCUT2D eigenvalue weighted by molar-refractivity contribution is 5.03. The molecule has 0 bridgehead atoms. The molecule has 2 atom stereocenters. The fraction of sp³-hybridized carbons (Fsp3) is 0.714. The van der Waals surface area contributed by atoms with Crippen LogP contribution in [0.5, 0.6) is 0 Å². The molecule has 5 heteroatoms. The standard InChI is InChI=1S/C14H23N3O2/c1-3-11-7-14(19)16-13(15-11)8-17-10(2)5-4-6-12(17)9-18/h7,10,12,18H,3-6,8-9H2,1-2H3,(H,15,16,19). The molecule has 2 rings (SSSR count). The van der Waals surface area contributed by atoms with Crippen LogP contribution in [0.2, 0.25) is 0 Å². The minimum Gasteiger partial charge on any atom is -0.395 e. The van der Waals surface area contributed by atoms with E-state index in [1.54, 1.807) is 6.07 Å². The molecule has 1 aliphatic heterocycles. The highest BCUT2D eigenvalue weighted by atomic mass is 16.3. The van der Waals surface area contributed by atoms with Crippen LogP contribution in [0, 0.1) is 0 Å². The van der Waals surface area contributed by atoms with Gasteiger partial charge >= 0.3 is 0 Å². The Morgan fingerprint density at radius 1 is 1.53 bits per heavy atom. The summed E-state index contributed by atoms with van der Waals surface area (Å²) in [4.78, 5) is 21.1. The van der Waals surface area contributed by atoms with Crippen LogP contribution < -0.4 is 5.56 Å². The van der Waals surface area contributed by atoms with Crippen molar-refractivity contribution in [3.63, 3.8) is 0 Å². The number of H-pyrrole nitrogens is 1. The molecule has 1 saturated heterocycles. The van der Waals surface area contributed by atoms with Crippen LogP contribution in [-0.4, -0.2) is 38.7 Å². The van der Waals surface area contributed by atoms with Gasteiger partial charge < -0.3 is 10.1 Å². The van der Waals surface area contributed by atoms with Crippen LogP contribution in [0.15, 0.2) is 10.9 Å². The molecule has 0 aliphatic carbocycles. The van der Waals surface area contributed by atoms with Gasteiger partial charge in [0.05, 0.1) is 13.2 Å². The number of likely N-dealkylation sites (tertiary alicyclic amines) is 1. The lowest BCUT2D eigenvalue weighted by Crippen LogP contribution is -2.47. The van der Waals surface area contributed by atoms with Crippen molar-refractivity contribution in [1.29, 1.82) is 0 Å². The monoisotopic (exact) mass is 265 g/mol. The lowest BCUT2D eigenvalue weighted by Gasteiger charge is -2.39. The molecule has 5 nitrogen and oxygen atoms in total. The van der Waals surface area contributed by atoms with E-state index in [2.05, 4.69) is 21.8 Å². The predicted molar refractivity (Wildman–Crippen MR) is 74.0 cm³/mol. The summed E-state index contributed by atoms with van der Waals surface area (Å²) in [7, 11) is 0. The molecule has 2 N–H and O–H groups in total. The molecule has 2 unspecified atom stereocenters. The van der Waals surface area contributed by atoms with Gasteiger partial charge in [0, 0.05) is 23.8 Å². The van der Waals surface area contributed by atoms with Crippen molar-refractivity contribution in [3.05, 3.63) is 27.9 Å². The molecule has 0 aromatic carbocycles. The van der Waals surface area contributed by atoms with E-state index in [1.165, 1.54) is 0 Å². The Labute approximate surface area is 113 Å². The van der Waals surface area contributed by atoms with Crippen molar-refractivity contribution in [2.75, 3.05) is 6.61 Å². The number of aliphatic hydroxyl groups excluding tert-OH is 1. The summed E-state index contributed by atoms with van der Waals surface area (Å²) in [5.41, 5.74) is 0.732. The number of aromatic nitrogens is 2. The van der Waals surface area contributed by atoms with Crippen molar-refractivity contribution < 1.29 is 5.11 Å². The summed E-state index contributed by atoms with van der Waals surface area (Å²) in [5.74, 6) is 0.705. The Hall–Kier alpha value is -1.20. The SMILES string of the molecule is CCc1cc(=O)[nH]c(CN2C(C)CCCC2CO)n1. The Bertz CT molecular complexity index is 472. The topological polar surface area (TPSA) is 69.2 Å². The third kappa shape index (κ3) is 3.42. The number of aromatic amines is 1. The maximum atomic E-state index is 11.6. The smallest absolute Gasteiger partial charge is 0.251 e. The molecule has 1 aromatic heterocycles. The Kier molecular flexibility index (Phi) is 4.71. The van der Waals surface area contributed by atoms with Gasteiger partial charge in [0.1, 0.15) is 5.82 Å². The summed E-state index contributed by atoms with van der Waals surface area (Å²) in [5, 5.41) is 9.48. The molecule has 0 amide bonds. The first-order valence-electron chi connectivity index (χ1n) is 7.09. The number of nitrogens with zero attached hydrogens (tertiary/aromatic N) is 2. The van der Waals surface area contributed by atoms with Crippen molar-refractivity contribution in [2.45, 2.75) is 58.2 Å². The second kappa shape index (κ2) is 6.30. The Balaban J connectivity index is 2.18. The first kappa shape index (κ1) is 14.2. The van der Waals surface area contributed by atoms with Crippen LogP contribution in [0.3, 0.4) is 0 Å². The van der Waals surface area contributed by atoms with Gasteiger partial charge in [-0.05, 0) is 26.2 Å². The van der Waals surface area contributed by atoms with Crippen LogP contribution in [0.1, 0.15) is 44.6 Å². The average molecular weight is 265 g/mol.